The maximum Gasteiger partial charge on any atom is 0.345 e. The summed E-state index contributed by atoms with van der Waals surface area (Å²) in [5.74, 6) is -1.68. The van der Waals surface area contributed by atoms with Crippen molar-refractivity contribution in [3.63, 3.8) is 0 Å². The first-order valence-corrected chi connectivity index (χ1v) is 7.84. The normalized spacial score (nSPS) is 10.1. The van der Waals surface area contributed by atoms with Crippen LogP contribution in [0.4, 0.5) is 10.5 Å². The smallest absolute Gasteiger partial charge is 0.345 e. The molecule has 0 saturated carbocycles. The molecule has 0 spiro atoms. The predicted molar refractivity (Wildman–Crippen MR) is 92.9 cm³/mol. The molecule has 0 heterocycles. The highest BCUT2D eigenvalue weighted by Gasteiger charge is 2.26. The van der Waals surface area contributed by atoms with Crippen molar-refractivity contribution in [3.8, 4) is 11.5 Å². The van der Waals surface area contributed by atoms with Crippen molar-refractivity contribution in [2.24, 2.45) is 5.92 Å². The Morgan fingerprint density at radius 2 is 1.74 bits per heavy atom. The lowest BCUT2D eigenvalue weighted by molar-refractivity contribution is -0.385. The average molecular weight is 383 g/mol. The van der Waals surface area contributed by atoms with Crippen molar-refractivity contribution < 1.29 is 33.5 Å². The minimum absolute atomic E-state index is 0.0558. The van der Waals surface area contributed by atoms with Crippen LogP contribution in [0.5, 0.6) is 11.5 Å². The first kappa shape index (κ1) is 21.7. The van der Waals surface area contributed by atoms with Gasteiger partial charge >= 0.3 is 12.0 Å². The van der Waals surface area contributed by atoms with Gasteiger partial charge in [0.05, 0.1) is 25.2 Å². The van der Waals surface area contributed by atoms with Crippen LogP contribution >= 0.6 is 0 Å². The van der Waals surface area contributed by atoms with Crippen molar-refractivity contribution in [1.82, 2.24) is 10.6 Å². The predicted octanol–water partition coefficient (Wildman–Crippen LogP) is 1.25. The standard InChI is InChI=1S/C16H21N3O8/c1-9(2)7-17-16(22)18-14(20)8-27-15(21)10-5-12(25-3)13(26-4)6-11(10)19(23)24/h5-6,9H,7-8H2,1-4H3,(H2,17,18,20,22). The monoisotopic (exact) mass is 383 g/mol. The summed E-state index contributed by atoms with van der Waals surface area (Å²) < 4.78 is 14.7. The SMILES string of the molecule is COc1cc(C(=O)OCC(=O)NC(=O)NCC(C)C)c([N+](=O)[O-])cc1OC. The van der Waals surface area contributed by atoms with Gasteiger partial charge in [-0.3, -0.25) is 20.2 Å². The second-order valence-corrected chi connectivity index (χ2v) is 5.71. The lowest BCUT2D eigenvalue weighted by Crippen LogP contribution is -2.42. The lowest BCUT2D eigenvalue weighted by atomic mass is 10.1. The van der Waals surface area contributed by atoms with E-state index in [1.54, 1.807) is 0 Å². The largest absolute Gasteiger partial charge is 0.493 e. The minimum atomic E-state index is -1.12. The Balaban J connectivity index is 2.80. The van der Waals surface area contributed by atoms with Crippen molar-refractivity contribution in [1.29, 1.82) is 0 Å². The third-order valence-electron chi connectivity index (χ3n) is 3.18. The molecule has 1 aromatic rings. The second kappa shape index (κ2) is 9.94. The van der Waals surface area contributed by atoms with E-state index in [9.17, 15) is 24.5 Å². The summed E-state index contributed by atoms with van der Waals surface area (Å²) >= 11 is 0. The Kier molecular flexibility index (Phi) is 7.98. The van der Waals surface area contributed by atoms with E-state index in [0.717, 1.165) is 12.1 Å². The van der Waals surface area contributed by atoms with Crippen LogP contribution in [-0.4, -0.2) is 50.2 Å². The van der Waals surface area contributed by atoms with Crippen LogP contribution in [0.1, 0.15) is 24.2 Å². The molecule has 0 bridgehead atoms. The zero-order chi connectivity index (χ0) is 20.6. The lowest BCUT2D eigenvalue weighted by Gasteiger charge is -2.11. The molecule has 3 amide bonds. The molecule has 0 aliphatic heterocycles. The number of ether oxygens (including phenoxy) is 3. The number of carbonyl (C=O) groups excluding carboxylic acids is 3. The number of nitrogens with one attached hydrogen (secondary N) is 2. The van der Waals surface area contributed by atoms with Gasteiger partial charge in [0.15, 0.2) is 18.1 Å². The maximum atomic E-state index is 12.1. The van der Waals surface area contributed by atoms with Gasteiger partial charge < -0.3 is 19.5 Å². The Bertz CT molecular complexity index is 733. The zero-order valence-electron chi connectivity index (χ0n) is 15.4. The highest BCUT2D eigenvalue weighted by atomic mass is 16.6. The van der Waals surface area contributed by atoms with Gasteiger partial charge in [-0.2, -0.15) is 0 Å². The summed E-state index contributed by atoms with van der Waals surface area (Å²) in [7, 11) is 2.58. The van der Waals surface area contributed by atoms with Crippen molar-refractivity contribution >= 4 is 23.6 Å². The molecule has 0 radical (unpaired) electrons. The van der Waals surface area contributed by atoms with Crippen LogP contribution < -0.4 is 20.1 Å². The van der Waals surface area contributed by atoms with Gasteiger partial charge in [-0.1, -0.05) is 13.8 Å². The molecule has 27 heavy (non-hydrogen) atoms. The van der Waals surface area contributed by atoms with Crippen LogP contribution in [0.15, 0.2) is 12.1 Å². The molecule has 0 fully saturated rings. The molecule has 0 saturated heterocycles. The zero-order valence-corrected chi connectivity index (χ0v) is 15.4. The van der Waals surface area contributed by atoms with E-state index in [0.29, 0.717) is 6.54 Å². The number of hydrogen-bond acceptors (Lipinski definition) is 8. The number of rotatable bonds is 8. The van der Waals surface area contributed by atoms with E-state index < -0.39 is 40.7 Å². The molecule has 148 valence electrons. The third kappa shape index (κ3) is 6.45. The van der Waals surface area contributed by atoms with Gasteiger partial charge in [0.25, 0.3) is 11.6 Å². The molecule has 1 aromatic carbocycles. The van der Waals surface area contributed by atoms with Crippen molar-refractivity contribution in [3.05, 3.63) is 27.8 Å². The number of amides is 3. The number of nitro groups is 1. The van der Waals surface area contributed by atoms with E-state index in [2.05, 4.69) is 5.32 Å². The number of imide groups is 1. The molecular formula is C16H21N3O8. The van der Waals surface area contributed by atoms with E-state index in [1.165, 1.54) is 14.2 Å². The van der Waals surface area contributed by atoms with Crippen LogP contribution in [0.2, 0.25) is 0 Å². The van der Waals surface area contributed by atoms with Gasteiger partial charge in [0.1, 0.15) is 5.56 Å². The molecule has 11 heteroatoms. The Morgan fingerprint density at radius 1 is 1.15 bits per heavy atom. The summed E-state index contributed by atoms with van der Waals surface area (Å²) in [5, 5.41) is 15.6. The average Bonchev–Trinajstić information content (AvgIpc) is 2.62. The summed E-state index contributed by atoms with van der Waals surface area (Å²) in [4.78, 5) is 45.6. The molecule has 0 unspecified atom stereocenters. The van der Waals surface area contributed by atoms with Crippen LogP contribution in [-0.2, 0) is 9.53 Å². The van der Waals surface area contributed by atoms with Crippen LogP contribution in [0.25, 0.3) is 0 Å². The fourth-order valence-corrected chi connectivity index (χ4v) is 1.90. The number of esters is 1. The molecule has 0 atom stereocenters. The van der Waals surface area contributed by atoms with Gasteiger partial charge in [-0.05, 0) is 5.92 Å². The van der Waals surface area contributed by atoms with Crippen molar-refractivity contribution in [2.45, 2.75) is 13.8 Å². The molecular weight excluding hydrogens is 362 g/mol. The fraction of sp³-hybridized carbons (Fsp3) is 0.438. The summed E-state index contributed by atoms with van der Waals surface area (Å²) in [6.07, 6.45) is 0. The summed E-state index contributed by atoms with van der Waals surface area (Å²) in [6, 6.07) is 1.35. The van der Waals surface area contributed by atoms with E-state index in [-0.39, 0.29) is 17.4 Å². The van der Waals surface area contributed by atoms with E-state index in [4.69, 9.17) is 14.2 Å². The number of nitrogens with zero attached hydrogens (tertiary/aromatic N) is 1. The van der Waals surface area contributed by atoms with E-state index in [1.807, 2.05) is 19.2 Å². The summed E-state index contributed by atoms with van der Waals surface area (Å²) in [5.41, 5.74) is -0.998. The second-order valence-electron chi connectivity index (χ2n) is 5.71. The maximum absolute atomic E-state index is 12.1. The highest BCUT2D eigenvalue weighted by Crippen LogP contribution is 2.34. The van der Waals surface area contributed by atoms with Crippen LogP contribution in [0.3, 0.4) is 0 Å². The van der Waals surface area contributed by atoms with Gasteiger partial charge in [0.2, 0.25) is 0 Å². The number of methoxy groups -OCH3 is 2. The van der Waals surface area contributed by atoms with Crippen LogP contribution in [0, 0.1) is 16.0 Å². The number of nitro benzene ring substituents is 1. The molecule has 1 rings (SSSR count). The quantitative estimate of drug-likeness (QED) is 0.387. The molecule has 0 aliphatic rings. The Morgan fingerprint density at radius 3 is 2.26 bits per heavy atom. The van der Waals surface area contributed by atoms with E-state index >= 15 is 0 Å². The number of hydrogen-bond donors (Lipinski definition) is 2. The molecule has 0 aliphatic carbocycles. The first-order chi connectivity index (χ1) is 12.7. The summed E-state index contributed by atoms with van der Waals surface area (Å²) in [6.45, 7) is 3.32. The number of urea groups is 1. The molecule has 11 nitrogen and oxygen atoms in total. The van der Waals surface area contributed by atoms with Gasteiger partial charge in [0, 0.05) is 12.6 Å². The highest BCUT2D eigenvalue weighted by molar-refractivity contribution is 5.98. The van der Waals surface area contributed by atoms with Gasteiger partial charge in [-0.25, -0.2) is 9.59 Å². The topological polar surface area (TPSA) is 146 Å². The fourth-order valence-electron chi connectivity index (χ4n) is 1.90. The van der Waals surface area contributed by atoms with Crippen molar-refractivity contribution in [2.75, 3.05) is 27.4 Å². The number of carbonyl (C=O) groups is 3. The number of benzene rings is 1. The minimum Gasteiger partial charge on any atom is -0.493 e. The molecule has 2 N–H and O–H groups in total. The third-order valence-corrected chi connectivity index (χ3v) is 3.18. The Hall–Kier alpha value is -3.37. The first-order valence-electron chi connectivity index (χ1n) is 7.84. The molecule has 0 aromatic heterocycles. The Labute approximate surface area is 155 Å². The van der Waals surface area contributed by atoms with Gasteiger partial charge in [-0.15, -0.1) is 0 Å².